The Morgan fingerprint density at radius 1 is 1.21 bits per heavy atom. The van der Waals surface area contributed by atoms with Crippen molar-refractivity contribution in [2.75, 3.05) is 13.2 Å². The fraction of sp³-hybridized carbons (Fsp3) is 0.394. The predicted molar refractivity (Wildman–Crippen MR) is 166 cm³/mol. The van der Waals surface area contributed by atoms with Gasteiger partial charge >= 0.3 is 5.97 Å². The molecule has 0 fully saturated rings. The maximum atomic E-state index is 13.0. The largest absolute Gasteiger partial charge is 0.487 e. The van der Waals surface area contributed by atoms with Gasteiger partial charge in [-0.1, -0.05) is 24.3 Å². The lowest BCUT2D eigenvalue weighted by atomic mass is 9.84. The molecule has 4 heterocycles. The Morgan fingerprint density at radius 3 is 2.88 bits per heavy atom. The van der Waals surface area contributed by atoms with Gasteiger partial charge in [-0.25, -0.2) is 4.68 Å². The standard InChI is InChI=1S/C33H37N5O3S/c1-6-25-19-38(21(4)32-29(41-25)9-8-13-34-32)18-24-16-23(15-22-12-14-42-33(22)24)27(17-30(39)40-7-2)26-10-11-28-31(20(26)3)35-36-37(28)5/h8-16,21,25,27H,6-7,17-19H2,1-5H3/t21-,25+,27?/m0/s1. The van der Waals surface area contributed by atoms with Crippen LogP contribution in [0.3, 0.4) is 0 Å². The average Bonchev–Trinajstić information content (AvgIpc) is 3.59. The third kappa shape index (κ3) is 5.27. The zero-order valence-corrected chi connectivity index (χ0v) is 25.6. The number of thiophene rings is 1. The lowest BCUT2D eigenvalue weighted by Gasteiger charge is -2.29. The number of carbonyl (C=O) groups is 1. The van der Waals surface area contributed by atoms with Crippen LogP contribution in [0.25, 0.3) is 21.1 Å². The molecule has 0 saturated heterocycles. The van der Waals surface area contributed by atoms with E-state index in [0.29, 0.717) is 6.61 Å². The number of aromatic nitrogens is 4. The molecule has 1 aliphatic rings. The van der Waals surface area contributed by atoms with Crippen molar-refractivity contribution in [3.05, 3.63) is 82.0 Å². The van der Waals surface area contributed by atoms with E-state index >= 15 is 0 Å². The highest BCUT2D eigenvalue weighted by atomic mass is 32.1. The van der Waals surface area contributed by atoms with Crippen LogP contribution in [0.15, 0.2) is 54.0 Å². The second kappa shape index (κ2) is 11.8. The molecule has 3 atom stereocenters. The second-order valence-corrected chi connectivity index (χ2v) is 12.0. The quantitative estimate of drug-likeness (QED) is 0.188. The number of carbonyl (C=O) groups excluding carboxylic acids is 1. The van der Waals surface area contributed by atoms with Gasteiger partial charge in [0.05, 0.1) is 30.3 Å². The number of benzene rings is 2. The van der Waals surface area contributed by atoms with Crippen LogP contribution in [0.1, 0.15) is 73.5 Å². The monoisotopic (exact) mass is 583 g/mol. The molecule has 6 rings (SSSR count). The maximum Gasteiger partial charge on any atom is 0.306 e. The van der Waals surface area contributed by atoms with Gasteiger partial charge in [-0.3, -0.25) is 14.7 Å². The molecule has 9 heteroatoms. The van der Waals surface area contributed by atoms with Crippen molar-refractivity contribution in [1.29, 1.82) is 0 Å². The van der Waals surface area contributed by atoms with Gasteiger partial charge in [0.25, 0.3) is 0 Å². The van der Waals surface area contributed by atoms with Gasteiger partial charge < -0.3 is 9.47 Å². The van der Waals surface area contributed by atoms with E-state index in [0.717, 1.165) is 58.7 Å². The Hall–Kier alpha value is -3.82. The topological polar surface area (TPSA) is 82.4 Å². The van der Waals surface area contributed by atoms with E-state index in [2.05, 4.69) is 65.6 Å². The molecular formula is C33H37N5O3S. The third-order valence-corrected chi connectivity index (χ3v) is 9.49. The molecule has 0 N–H and O–H groups in total. The number of rotatable bonds is 8. The average molecular weight is 584 g/mol. The summed E-state index contributed by atoms with van der Waals surface area (Å²) < 4.78 is 14.9. The number of esters is 1. The first-order valence-electron chi connectivity index (χ1n) is 14.7. The van der Waals surface area contributed by atoms with E-state index in [1.54, 1.807) is 16.0 Å². The van der Waals surface area contributed by atoms with Crippen LogP contribution < -0.4 is 4.74 Å². The van der Waals surface area contributed by atoms with Crippen molar-refractivity contribution in [1.82, 2.24) is 24.9 Å². The van der Waals surface area contributed by atoms with Gasteiger partial charge in [0, 0.05) is 37.0 Å². The number of fused-ring (bicyclic) bond motifs is 3. The van der Waals surface area contributed by atoms with Crippen molar-refractivity contribution in [2.45, 2.75) is 65.1 Å². The minimum atomic E-state index is -0.208. The van der Waals surface area contributed by atoms with Crippen LogP contribution in [0.4, 0.5) is 0 Å². The fourth-order valence-electron chi connectivity index (χ4n) is 6.18. The van der Waals surface area contributed by atoms with Crippen molar-refractivity contribution >= 4 is 38.4 Å². The summed E-state index contributed by atoms with van der Waals surface area (Å²) in [6, 6.07) is 14.9. The SMILES string of the molecule is CCOC(=O)CC(c1cc(CN2C[C@@H](CC)Oc3cccnc3[C@@H]2C)c2sccc2c1)c1ccc2c(nnn2C)c1C. The second-order valence-electron chi connectivity index (χ2n) is 11.1. The molecule has 0 radical (unpaired) electrons. The first-order chi connectivity index (χ1) is 20.4. The first kappa shape index (κ1) is 28.3. The molecule has 3 aromatic heterocycles. The van der Waals surface area contributed by atoms with Crippen LogP contribution in [0, 0.1) is 6.92 Å². The zero-order valence-electron chi connectivity index (χ0n) is 24.8. The highest BCUT2D eigenvalue weighted by Gasteiger charge is 2.30. The summed E-state index contributed by atoms with van der Waals surface area (Å²) >= 11 is 1.76. The summed E-state index contributed by atoms with van der Waals surface area (Å²) in [6.45, 7) is 10.2. The number of hydrogen-bond acceptors (Lipinski definition) is 8. The Balaban J connectivity index is 1.44. The molecule has 218 valence electrons. The van der Waals surface area contributed by atoms with Crippen LogP contribution in [-0.2, 0) is 23.1 Å². The Bertz CT molecular complexity index is 1740. The van der Waals surface area contributed by atoms with E-state index in [9.17, 15) is 4.79 Å². The molecule has 0 spiro atoms. The van der Waals surface area contributed by atoms with E-state index in [-0.39, 0.29) is 30.5 Å². The third-order valence-electron chi connectivity index (χ3n) is 8.49. The summed E-state index contributed by atoms with van der Waals surface area (Å²) in [7, 11) is 1.90. The number of pyridine rings is 1. The number of nitrogens with zero attached hydrogens (tertiary/aromatic N) is 5. The Labute approximate surface area is 250 Å². The normalized spacial score (nSPS) is 18.0. The lowest BCUT2D eigenvalue weighted by molar-refractivity contribution is -0.143. The molecule has 2 aromatic carbocycles. The maximum absolute atomic E-state index is 13.0. The van der Waals surface area contributed by atoms with Crippen LogP contribution in [-0.4, -0.2) is 50.1 Å². The van der Waals surface area contributed by atoms with Crippen LogP contribution >= 0.6 is 11.3 Å². The van der Waals surface area contributed by atoms with E-state index < -0.39 is 0 Å². The van der Waals surface area contributed by atoms with Crippen molar-refractivity contribution < 1.29 is 14.3 Å². The van der Waals surface area contributed by atoms with Crippen molar-refractivity contribution in [3.8, 4) is 5.75 Å². The molecule has 8 nitrogen and oxygen atoms in total. The van der Waals surface area contributed by atoms with Gasteiger partial charge in [0.2, 0.25) is 0 Å². The Morgan fingerprint density at radius 2 is 2.07 bits per heavy atom. The zero-order chi connectivity index (χ0) is 29.4. The van der Waals surface area contributed by atoms with Gasteiger partial charge in [0.1, 0.15) is 17.4 Å². The summed E-state index contributed by atoms with van der Waals surface area (Å²) in [5, 5.41) is 12.0. The highest BCUT2D eigenvalue weighted by Crippen LogP contribution is 2.39. The molecule has 0 aliphatic carbocycles. The predicted octanol–water partition coefficient (Wildman–Crippen LogP) is 6.71. The van der Waals surface area contributed by atoms with Gasteiger partial charge in [0.15, 0.2) is 0 Å². The molecule has 1 unspecified atom stereocenters. The smallest absolute Gasteiger partial charge is 0.306 e. The fourth-order valence-corrected chi connectivity index (χ4v) is 7.07. The summed E-state index contributed by atoms with van der Waals surface area (Å²) in [4.78, 5) is 20.2. The van der Waals surface area contributed by atoms with Crippen LogP contribution in [0.2, 0.25) is 0 Å². The molecule has 5 aromatic rings. The molecule has 0 amide bonds. The van der Waals surface area contributed by atoms with E-state index in [4.69, 9.17) is 14.5 Å². The lowest BCUT2D eigenvalue weighted by Crippen LogP contribution is -2.34. The minimum Gasteiger partial charge on any atom is -0.487 e. The molecule has 1 aliphatic heterocycles. The number of hydrogen-bond donors (Lipinski definition) is 0. The van der Waals surface area contributed by atoms with Gasteiger partial charge in [-0.2, -0.15) is 0 Å². The minimum absolute atomic E-state index is 0.0813. The van der Waals surface area contributed by atoms with E-state index in [1.807, 2.05) is 38.4 Å². The summed E-state index contributed by atoms with van der Waals surface area (Å²) in [6.07, 6.45) is 3.09. The Kier molecular flexibility index (Phi) is 7.96. The number of aryl methyl sites for hydroxylation is 2. The first-order valence-corrected chi connectivity index (χ1v) is 15.6. The number of ether oxygens (including phenoxy) is 2. The summed E-state index contributed by atoms with van der Waals surface area (Å²) in [5.41, 5.74) is 7.24. The molecular weight excluding hydrogens is 546 g/mol. The molecule has 0 saturated carbocycles. The molecule has 0 bridgehead atoms. The summed E-state index contributed by atoms with van der Waals surface area (Å²) in [5.74, 6) is 0.479. The molecule has 42 heavy (non-hydrogen) atoms. The van der Waals surface area contributed by atoms with Crippen molar-refractivity contribution in [3.63, 3.8) is 0 Å². The van der Waals surface area contributed by atoms with Gasteiger partial charge in [-0.15, -0.1) is 16.4 Å². The van der Waals surface area contributed by atoms with E-state index in [1.165, 1.54) is 15.6 Å². The van der Waals surface area contributed by atoms with Gasteiger partial charge in [-0.05, 0) is 90.5 Å². The van der Waals surface area contributed by atoms with Crippen LogP contribution in [0.5, 0.6) is 5.75 Å². The van der Waals surface area contributed by atoms with Crippen molar-refractivity contribution in [2.24, 2.45) is 7.05 Å². The highest BCUT2D eigenvalue weighted by molar-refractivity contribution is 7.17.